The Balaban J connectivity index is 2.89. The molecule has 0 fully saturated rings. The minimum Gasteiger partial charge on any atom is -0.178 e. The predicted octanol–water partition coefficient (Wildman–Crippen LogP) is 3.43. The maximum Gasteiger partial charge on any atom is 0.0285 e. The SMILES string of the molecule is Cc1ccc(Br)cc1C#CCCS. The lowest BCUT2D eigenvalue weighted by atomic mass is 10.1. The summed E-state index contributed by atoms with van der Waals surface area (Å²) in [5.41, 5.74) is 2.31. The van der Waals surface area contributed by atoms with Gasteiger partial charge in [-0.1, -0.05) is 33.8 Å². The minimum absolute atomic E-state index is 0.819. The molecule has 0 aromatic heterocycles. The Morgan fingerprint density at radius 2 is 2.23 bits per heavy atom. The van der Waals surface area contributed by atoms with Crippen LogP contribution in [0.5, 0.6) is 0 Å². The van der Waals surface area contributed by atoms with Gasteiger partial charge in [-0.3, -0.25) is 0 Å². The smallest absolute Gasteiger partial charge is 0.0285 e. The molecule has 0 saturated heterocycles. The fourth-order valence-electron chi connectivity index (χ4n) is 0.943. The monoisotopic (exact) mass is 254 g/mol. The molecule has 0 atom stereocenters. The summed E-state index contributed by atoms with van der Waals surface area (Å²) in [6.45, 7) is 2.07. The van der Waals surface area contributed by atoms with E-state index in [1.807, 2.05) is 12.1 Å². The molecule has 13 heavy (non-hydrogen) atoms. The van der Waals surface area contributed by atoms with Crippen LogP contribution in [0.1, 0.15) is 17.5 Å². The van der Waals surface area contributed by atoms with Crippen molar-refractivity contribution < 1.29 is 0 Å². The first kappa shape index (κ1) is 10.7. The molecule has 0 nitrogen and oxygen atoms in total. The molecule has 0 unspecified atom stereocenters. The van der Waals surface area contributed by atoms with Gasteiger partial charge in [0, 0.05) is 22.2 Å². The highest BCUT2D eigenvalue weighted by Gasteiger charge is 1.94. The fourth-order valence-corrected chi connectivity index (χ4v) is 1.42. The number of rotatable bonds is 1. The summed E-state index contributed by atoms with van der Waals surface area (Å²) in [5.74, 6) is 7.02. The van der Waals surface area contributed by atoms with Crippen molar-refractivity contribution in [3.8, 4) is 11.8 Å². The molecule has 0 heterocycles. The van der Waals surface area contributed by atoms with E-state index < -0.39 is 0 Å². The summed E-state index contributed by atoms with van der Waals surface area (Å²) < 4.78 is 1.08. The van der Waals surface area contributed by atoms with E-state index in [0.29, 0.717) is 0 Å². The highest BCUT2D eigenvalue weighted by atomic mass is 79.9. The summed E-state index contributed by atoms with van der Waals surface area (Å²) in [6, 6.07) is 6.13. The van der Waals surface area contributed by atoms with Crippen LogP contribution in [0.2, 0.25) is 0 Å². The summed E-state index contributed by atoms with van der Waals surface area (Å²) >= 11 is 7.52. The first-order valence-electron chi connectivity index (χ1n) is 4.10. The Morgan fingerprint density at radius 3 is 2.92 bits per heavy atom. The standard InChI is InChI=1S/C11H11BrS/c1-9-5-6-11(12)8-10(9)4-2-3-7-13/h5-6,8,13H,3,7H2,1H3. The van der Waals surface area contributed by atoms with E-state index >= 15 is 0 Å². The fraction of sp³-hybridized carbons (Fsp3) is 0.273. The van der Waals surface area contributed by atoms with Gasteiger partial charge in [-0.15, -0.1) is 0 Å². The van der Waals surface area contributed by atoms with E-state index in [1.165, 1.54) is 5.56 Å². The third-order valence-electron chi connectivity index (χ3n) is 1.66. The van der Waals surface area contributed by atoms with Gasteiger partial charge in [0.1, 0.15) is 0 Å². The Bertz CT molecular complexity index is 347. The molecular weight excluding hydrogens is 244 g/mol. The topological polar surface area (TPSA) is 0 Å². The Labute approximate surface area is 93.3 Å². The van der Waals surface area contributed by atoms with Crippen LogP contribution in [-0.2, 0) is 0 Å². The van der Waals surface area contributed by atoms with Crippen LogP contribution in [0.3, 0.4) is 0 Å². The van der Waals surface area contributed by atoms with Crippen molar-refractivity contribution >= 4 is 28.6 Å². The number of thiol groups is 1. The van der Waals surface area contributed by atoms with Gasteiger partial charge in [-0.05, 0) is 24.6 Å². The van der Waals surface area contributed by atoms with Gasteiger partial charge in [0.2, 0.25) is 0 Å². The van der Waals surface area contributed by atoms with E-state index in [0.717, 1.165) is 22.2 Å². The molecule has 0 aliphatic rings. The summed E-state index contributed by atoms with van der Waals surface area (Å²) in [4.78, 5) is 0. The van der Waals surface area contributed by atoms with Crippen LogP contribution < -0.4 is 0 Å². The third kappa shape index (κ3) is 3.46. The van der Waals surface area contributed by atoms with Crippen molar-refractivity contribution in [1.29, 1.82) is 0 Å². The molecule has 0 radical (unpaired) electrons. The largest absolute Gasteiger partial charge is 0.178 e. The van der Waals surface area contributed by atoms with E-state index in [1.54, 1.807) is 0 Å². The molecule has 1 aromatic carbocycles. The van der Waals surface area contributed by atoms with Gasteiger partial charge >= 0.3 is 0 Å². The molecule has 2 heteroatoms. The molecule has 0 saturated carbocycles. The molecule has 0 aliphatic heterocycles. The second kappa shape index (κ2) is 5.36. The summed E-state index contributed by atoms with van der Waals surface area (Å²) in [7, 11) is 0. The van der Waals surface area contributed by atoms with Crippen LogP contribution in [0.25, 0.3) is 0 Å². The Morgan fingerprint density at radius 1 is 1.46 bits per heavy atom. The Kier molecular flexibility index (Phi) is 4.41. The second-order valence-electron chi connectivity index (χ2n) is 2.73. The van der Waals surface area contributed by atoms with Gasteiger partial charge < -0.3 is 0 Å². The van der Waals surface area contributed by atoms with Crippen molar-refractivity contribution in [1.82, 2.24) is 0 Å². The number of hydrogen-bond donors (Lipinski definition) is 1. The lowest BCUT2D eigenvalue weighted by molar-refractivity contribution is 1.31. The zero-order valence-electron chi connectivity index (χ0n) is 7.47. The lowest BCUT2D eigenvalue weighted by Gasteiger charge is -1.97. The lowest BCUT2D eigenvalue weighted by Crippen LogP contribution is -1.81. The van der Waals surface area contributed by atoms with Gasteiger partial charge in [-0.2, -0.15) is 12.6 Å². The van der Waals surface area contributed by atoms with Crippen molar-refractivity contribution in [2.24, 2.45) is 0 Å². The third-order valence-corrected chi connectivity index (χ3v) is 2.38. The first-order valence-corrected chi connectivity index (χ1v) is 5.52. The average Bonchev–Trinajstić information content (AvgIpc) is 2.11. The average molecular weight is 255 g/mol. The van der Waals surface area contributed by atoms with Gasteiger partial charge in [0.15, 0.2) is 0 Å². The van der Waals surface area contributed by atoms with Crippen LogP contribution in [0.4, 0.5) is 0 Å². The molecule has 0 bridgehead atoms. The molecule has 1 aromatic rings. The zero-order valence-corrected chi connectivity index (χ0v) is 9.95. The van der Waals surface area contributed by atoms with Crippen molar-refractivity contribution in [3.63, 3.8) is 0 Å². The van der Waals surface area contributed by atoms with E-state index in [2.05, 4.69) is 53.4 Å². The first-order chi connectivity index (χ1) is 6.24. The van der Waals surface area contributed by atoms with Crippen molar-refractivity contribution in [2.45, 2.75) is 13.3 Å². The van der Waals surface area contributed by atoms with E-state index in [4.69, 9.17) is 0 Å². The maximum atomic E-state index is 4.10. The zero-order chi connectivity index (χ0) is 9.68. The molecule has 0 N–H and O–H groups in total. The molecule has 1 rings (SSSR count). The minimum atomic E-state index is 0.819. The highest BCUT2D eigenvalue weighted by molar-refractivity contribution is 9.10. The predicted molar refractivity (Wildman–Crippen MR) is 64.2 cm³/mol. The molecule has 0 amide bonds. The van der Waals surface area contributed by atoms with Crippen LogP contribution in [0, 0.1) is 18.8 Å². The van der Waals surface area contributed by atoms with Gasteiger partial charge in [-0.25, -0.2) is 0 Å². The summed E-state index contributed by atoms with van der Waals surface area (Å²) in [5, 5.41) is 0. The number of hydrogen-bond acceptors (Lipinski definition) is 1. The van der Waals surface area contributed by atoms with Crippen molar-refractivity contribution in [3.05, 3.63) is 33.8 Å². The summed E-state index contributed by atoms with van der Waals surface area (Å²) in [6.07, 6.45) is 0.842. The highest BCUT2D eigenvalue weighted by Crippen LogP contribution is 2.14. The van der Waals surface area contributed by atoms with Crippen LogP contribution in [-0.4, -0.2) is 5.75 Å². The Hall–Kier alpha value is -0.390. The number of aryl methyl sites for hydroxylation is 1. The van der Waals surface area contributed by atoms with Crippen molar-refractivity contribution in [2.75, 3.05) is 5.75 Å². The van der Waals surface area contributed by atoms with Crippen LogP contribution in [0.15, 0.2) is 22.7 Å². The number of halogens is 1. The van der Waals surface area contributed by atoms with Gasteiger partial charge in [0.25, 0.3) is 0 Å². The molecular formula is C11H11BrS. The van der Waals surface area contributed by atoms with E-state index in [9.17, 15) is 0 Å². The molecule has 68 valence electrons. The molecule has 0 aliphatic carbocycles. The quantitative estimate of drug-likeness (QED) is 0.577. The van der Waals surface area contributed by atoms with Gasteiger partial charge in [0.05, 0.1) is 0 Å². The number of benzene rings is 1. The van der Waals surface area contributed by atoms with E-state index in [-0.39, 0.29) is 0 Å². The molecule has 0 spiro atoms. The second-order valence-corrected chi connectivity index (χ2v) is 4.10. The normalized spacial score (nSPS) is 9.15. The van der Waals surface area contributed by atoms with Crippen LogP contribution >= 0.6 is 28.6 Å². The maximum absolute atomic E-state index is 4.10.